The van der Waals surface area contributed by atoms with Crippen LogP contribution < -0.4 is 10.2 Å². The number of anilines is 1. The Morgan fingerprint density at radius 1 is 1.24 bits per heavy atom. The van der Waals surface area contributed by atoms with Crippen molar-refractivity contribution < 1.29 is 4.74 Å². The Morgan fingerprint density at radius 2 is 1.86 bits per heavy atom. The van der Waals surface area contributed by atoms with Gasteiger partial charge in [0.2, 0.25) is 0 Å². The van der Waals surface area contributed by atoms with Crippen LogP contribution in [0.25, 0.3) is 0 Å². The van der Waals surface area contributed by atoms with Gasteiger partial charge in [-0.3, -0.25) is 0 Å². The smallest absolute Gasteiger partial charge is 0.0726 e. The predicted octanol–water partition coefficient (Wildman–Crippen LogP) is 3.84. The molecule has 0 aromatic heterocycles. The summed E-state index contributed by atoms with van der Waals surface area (Å²) in [7, 11) is 0. The van der Waals surface area contributed by atoms with Crippen LogP contribution >= 0.6 is 11.6 Å². The summed E-state index contributed by atoms with van der Waals surface area (Å²) in [4.78, 5) is 2.41. The van der Waals surface area contributed by atoms with Crippen LogP contribution in [0.2, 0.25) is 5.02 Å². The van der Waals surface area contributed by atoms with Crippen molar-refractivity contribution in [3.8, 4) is 0 Å². The number of nitrogens with one attached hydrogen (secondary N) is 1. The summed E-state index contributed by atoms with van der Waals surface area (Å²) in [5.74, 6) is 0. The van der Waals surface area contributed by atoms with E-state index in [1.807, 2.05) is 6.07 Å². The maximum absolute atomic E-state index is 6.19. The van der Waals surface area contributed by atoms with Crippen molar-refractivity contribution in [3.63, 3.8) is 0 Å². The number of hydrogen-bond acceptors (Lipinski definition) is 3. The van der Waals surface area contributed by atoms with Gasteiger partial charge in [0, 0.05) is 35.9 Å². The highest BCUT2D eigenvalue weighted by atomic mass is 35.5. The quantitative estimate of drug-likeness (QED) is 0.918. The first-order valence-electron chi connectivity index (χ1n) is 7.68. The third kappa shape index (κ3) is 4.87. The monoisotopic (exact) mass is 310 g/mol. The van der Waals surface area contributed by atoms with Gasteiger partial charge in [-0.25, -0.2) is 0 Å². The van der Waals surface area contributed by atoms with E-state index in [1.165, 1.54) is 11.3 Å². The zero-order valence-electron chi connectivity index (χ0n) is 13.7. The first kappa shape index (κ1) is 16.6. The summed E-state index contributed by atoms with van der Waals surface area (Å²) in [5.41, 5.74) is 2.60. The summed E-state index contributed by atoms with van der Waals surface area (Å²) < 4.78 is 5.83. The fraction of sp³-hybridized carbons (Fsp3) is 0.647. The summed E-state index contributed by atoms with van der Waals surface area (Å²) in [5, 5.41) is 4.34. The van der Waals surface area contributed by atoms with E-state index < -0.39 is 0 Å². The second kappa shape index (κ2) is 6.55. The molecule has 1 fully saturated rings. The van der Waals surface area contributed by atoms with Gasteiger partial charge in [-0.15, -0.1) is 0 Å². The van der Waals surface area contributed by atoms with E-state index in [9.17, 15) is 0 Å². The molecule has 118 valence electrons. The van der Waals surface area contributed by atoms with Crippen molar-refractivity contribution in [2.75, 3.05) is 18.0 Å². The molecular weight excluding hydrogens is 284 g/mol. The molecular formula is C17H27ClN2O. The molecule has 2 rings (SSSR count). The first-order valence-corrected chi connectivity index (χ1v) is 8.06. The van der Waals surface area contributed by atoms with Gasteiger partial charge in [0.1, 0.15) is 0 Å². The Hall–Kier alpha value is -0.770. The Balaban J connectivity index is 2.21. The fourth-order valence-corrected chi connectivity index (χ4v) is 2.93. The summed E-state index contributed by atoms with van der Waals surface area (Å²) in [6, 6.07) is 6.18. The first-order chi connectivity index (χ1) is 9.74. The number of rotatable bonds is 3. The van der Waals surface area contributed by atoms with Crippen LogP contribution in [-0.4, -0.2) is 30.8 Å². The minimum atomic E-state index is 0.0885. The lowest BCUT2D eigenvalue weighted by atomic mass is 10.1. The van der Waals surface area contributed by atoms with Crippen LogP contribution in [0.5, 0.6) is 0 Å². The number of morpholine rings is 1. The third-order valence-electron chi connectivity index (χ3n) is 3.61. The molecule has 3 nitrogen and oxygen atoms in total. The molecule has 1 aromatic carbocycles. The highest BCUT2D eigenvalue weighted by Crippen LogP contribution is 2.27. The Bertz CT molecular complexity index is 474. The SMILES string of the molecule is CC1CN(c2ccc(Cl)cc2CNC(C)(C)C)CC(C)O1. The van der Waals surface area contributed by atoms with Gasteiger partial charge in [-0.05, 0) is 58.4 Å². The Morgan fingerprint density at radius 3 is 2.43 bits per heavy atom. The van der Waals surface area contributed by atoms with Crippen molar-refractivity contribution in [2.24, 2.45) is 0 Å². The Labute approximate surface area is 133 Å². The van der Waals surface area contributed by atoms with Gasteiger partial charge in [0.15, 0.2) is 0 Å². The van der Waals surface area contributed by atoms with Crippen LogP contribution in [0.15, 0.2) is 18.2 Å². The fourth-order valence-electron chi connectivity index (χ4n) is 2.74. The van der Waals surface area contributed by atoms with Crippen molar-refractivity contribution in [3.05, 3.63) is 28.8 Å². The second-order valence-electron chi connectivity index (χ2n) is 7.04. The highest BCUT2D eigenvalue weighted by Gasteiger charge is 2.24. The summed E-state index contributed by atoms with van der Waals surface area (Å²) >= 11 is 6.19. The lowest BCUT2D eigenvalue weighted by Gasteiger charge is -2.38. The van der Waals surface area contributed by atoms with Gasteiger partial charge in [-0.1, -0.05) is 11.6 Å². The van der Waals surface area contributed by atoms with Gasteiger partial charge in [-0.2, -0.15) is 0 Å². The zero-order chi connectivity index (χ0) is 15.6. The topological polar surface area (TPSA) is 24.5 Å². The lowest BCUT2D eigenvalue weighted by Crippen LogP contribution is -2.46. The van der Waals surface area contributed by atoms with Gasteiger partial charge >= 0.3 is 0 Å². The maximum Gasteiger partial charge on any atom is 0.0726 e. The van der Waals surface area contributed by atoms with Crippen molar-refractivity contribution >= 4 is 17.3 Å². The molecule has 2 atom stereocenters. The molecule has 1 aromatic rings. The molecule has 1 saturated heterocycles. The van der Waals surface area contributed by atoms with Crippen molar-refractivity contribution in [1.29, 1.82) is 0 Å². The average Bonchev–Trinajstić information content (AvgIpc) is 2.34. The average molecular weight is 311 g/mol. The minimum absolute atomic E-state index is 0.0885. The van der Waals surface area contributed by atoms with Crippen molar-refractivity contribution in [1.82, 2.24) is 5.32 Å². The standard InChI is InChI=1S/C17H27ClN2O/c1-12-10-20(11-13(2)21-12)16-7-6-15(18)8-14(16)9-19-17(3,4)5/h6-8,12-13,19H,9-11H2,1-5H3. The molecule has 4 heteroatoms. The van der Waals surface area contributed by atoms with Crippen LogP contribution in [0.4, 0.5) is 5.69 Å². The normalized spacial score (nSPS) is 23.4. The van der Waals surface area contributed by atoms with E-state index in [1.54, 1.807) is 0 Å². The molecule has 1 heterocycles. The van der Waals surface area contributed by atoms with Crippen LogP contribution in [0.3, 0.4) is 0 Å². The highest BCUT2D eigenvalue weighted by molar-refractivity contribution is 6.30. The number of ether oxygens (including phenoxy) is 1. The molecule has 0 saturated carbocycles. The van der Waals surface area contributed by atoms with Crippen LogP contribution in [-0.2, 0) is 11.3 Å². The van der Waals surface area contributed by atoms with E-state index in [0.717, 1.165) is 24.7 Å². The van der Waals surface area contributed by atoms with Gasteiger partial charge < -0.3 is 15.0 Å². The zero-order valence-corrected chi connectivity index (χ0v) is 14.5. The number of hydrogen-bond donors (Lipinski definition) is 1. The summed E-state index contributed by atoms with van der Waals surface area (Å²) in [6.07, 6.45) is 0.515. The summed E-state index contributed by atoms with van der Waals surface area (Å²) in [6.45, 7) is 13.5. The van der Waals surface area contributed by atoms with Crippen LogP contribution in [0.1, 0.15) is 40.2 Å². The van der Waals surface area contributed by atoms with E-state index >= 15 is 0 Å². The third-order valence-corrected chi connectivity index (χ3v) is 3.85. The molecule has 1 N–H and O–H groups in total. The molecule has 0 bridgehead atoms. The van der Waals surface area contributed by atoms with Crippen LogP contribution in [0, 0.1) is 0 Å². The molecule has 0 spiro atoms. The molecule has 21 heavy (non-hydrogen) atoms. The molecule has 0 amide bonds. The van der Waals surface area contributed by atoms with E-state index in [2.05, 4.69) is 57.0 Å². The largest absolute Gasteiger partial charge is 0.372 e. The molecule has 2 unspecified atom stereocenters. The minimum Gasteiger partial charge on any atom is -0.372 e. The molecule has 0 aliphatic carbocycles. The molecule has 1 aliphatic heterocycles. The lowest BCUT2D eigenvalue weighted by molar-refractivity contribution is -0.00527. The maximum atomic E-state index is 6.19. The van der Waals surface area contributed by atoms with E-state index in [0.29, 0.717) is 0 Å². The molecule has 1 aliphatic rings. The van der Waals surface area contributed by atoms with E-state index in [4.69, 9.17) is 16.3 Å². The van der Waals surface area contributed by atoms with E-state index in [-0.39, 0.29) is 17.7 Å². The van der Waals surface area contributed by atoms with Crippen molar-refractivity contribution in [2.45, 2.75) is 58.9 Å². The molecule has 0 radical (unpaired) electrons. The van der Waals surface area contributed by atoms with Gasteiger partial charge in [0.25, 0.3) is 0 Å². The van der Waals surface area contributed by atoms with Gasteiger partial charge in [0.05, 0.1) is 12.2 Å². The predicted molar refractivity (Wildman–Crippen MR) is 90.3 cm³/mol. The second-order valence-corrected chi connectivity index (χ2v) is 7.48. The number of benzene rings is 1. The Kier molecular flexibility index (Phi) is 5.18. The number of nitrogens with zero attached hydrogens (tertiary/aromatic N) is 1. The number of halogens is 1.